The molecule has 4 heteroatoms. The van der Waals surface area contributed by atoms with Crippen LogP contribution in [0.3, 0.4) is 0 Å². The third-order valence-corrected chi connectivity index (χ3v) is 2.61. The van der Waals surface area contributed by atoms with Crippen LogP contribution in [0, 0.1) is 0 Å². The van der Waals surface area contributed by atoms with Crippen LogP contribution in [-0.2, 0) is 0 Å². The van der Waals surface area contributed by atoms with E-state index in [9.17, 15) is 0 Å². The van der Waals surface area contributed by atoms with Crippen LogP contribution >= 0.6 is 11.3 Å². The third-order valence-electron chi connectivity index (χ3n) is 1.63. The van der Waals surface area contributed by atoms with E-state index in [4.69, 9.17) is 5.21 Å². The SMILES string of the molecule is CC/C(=N/O)c1cc(NC)cs1. The first-order valence-corrected chi connectivity index (χ1v) is 4.67. The first kappa shape index (κ1) is 9.06. The number of anilines is 1. The van der Waals surface area contributed by atoms with Gasteiger partial charge in [0.15, 0.2) is 0 Å². The molecule has 2 N–H and O–H groups in total. The Labute approximate surface area is 75.7 Å². The van der Waals surface area contributed by atoms with Crippen LogP contribution in [0.1, 0.15) is 18.2 Å². The average Bonchev–Trinajstić information content (AvgIpc) is 2.55. The van der Waals surface area contributed by atoms with E-state index in [1.807, 2.05) is 25.4 Å². The van der Waals surface area contributed by atoms with Crippen molar-refractivity contribution in [2.45, 2.75) is 13.3 Å². The highest BCUT2D eigenvalue weighted by atomic mass is 32.1. The second-order valence-electron chi connectivity index (χ2n) is 2.35. The Kier molecular flexibility index (Phi) is 3.10. The lowest BCUT2D eigenvalue weighted by Crippen LogP contribution is -1.94. The molecule has 12 heavy (non-hydrogen) atoms. The molecule has 1 heterocycles. The number of nitrogens with one attached hydrogen (secondary N) is 1. The summed E-state index contributed by atoms with van der Waals surface area (Å²) in [6.45, 7) is 1.97. The third kappa shape index (κ3) is 1.76. The Bertz CT molecular complexity index is 280. The van der Waals surface area contributed by atoms with Gasteiger partial charge in [-0.2, -0.15) is 0 Å². The lowest BCUT2D eigenvalue weighted by molar-refractivity contribution is 0.318. The molecule has 0 saturated carbocycles. The zero-order valence-corrected chi connectivity index (χ0v) is 7.98. The normalized spacial score (nSPS) is 11.7. The van der Waals surface area contributed by atoms with Gasteiger partial charge in [-0.25, -0.2) is 0 Å². The summed E-state index contributed by atoms with van der Waals surface area (Å²) in [6, 6.07) is 1.98. The highest BCUT2D eigenvalue weighted by molar-refractivity contribution is 7.12. The molecular formula is C8H12N2OS. The van der Waals surface area contributed by atoms with Gasteiger partial charge >= 0.3 is 0 Å². The molecule has 0 fully saturated rings. The summed E-state index contributed by atoms with van der Waals surface area (Å²) in [6.07, 6.45) is 0.750. The first-order valence-electron chi connectivity index (χ1n) is 3.79. The lowest BCUT2D eigenvalue weighted by Gasteiger charge is -1.94. The average molecular weight is 184 g/mol. The van der Waals surface area contributed by atoms with Gasteiger partial charge in [-0.05, 0) is 12.5 Å². The van der Waals surface area contributed by atoms with Crippen LogP contribution in [0.2, 0.25) is 0 Å². The molecule has 0 aliphatic heterocycles. The molecule has 1 aromatic heterocycles. The van der Waals surface area contributed by atoms with Crippen molar-refractivity contribution in [2.75, 3.05) is 12.4 Å². The second kappa shape index (κ2) is 4.11. The zero-order valence-electron chi connectivity index (χ0n) is 7.16. The Morgan fingerprint density at radius 2 is 2.50 bits per heavy atom. The molecule has 0 aliphatic carbocycles. The molecule has 0 spiro atoms. The fourth-order valence-corrected chi connectivity index (χ4v) is 1.87. The van der Waals surface area contributed by atoms with Gasteiger partial charge < -0.3 is 10.5 Å². The van der Waals surface area contributed by atoms with Crippen molar-refractivity contribution in [2.24, 2.45) is 5.16 Å². The maximum atomic E-state index is 8.64. The minimum absolute atomic E-state index is 0.738. The minimum atomic E-state index is 0.738. The van der Waals surface area contributed by atoms with Crippen molar-refractivity contribution in [3.63, 3.8) is 0 Å². The highest BCUT2D eigenvalue weighted by Crippen LogP contribution is 2.20. The summed E-state index contributed by atoms with van der Waals surface area (Å²) in [5.74, 6) is 0. The predicted octanol–water partition coefficient (Wildman–Crippen LogP) is 2.38. The van der Waals surface area contributed by atoms with Crippen molar-refractivity contribution in [1.82, 2.24) is 0 Å². The van der Waals surface area contributed by atoms with E-state index in [-0.39, 0.29) is 0 Å². The van der Waals surface area contributed by atoms with E-state index < -0.39 is 0 Å². The maximum absolute atomic E-state index is 8.64. The molecule has 0 amide bonds. The molecule has 3 nitrogen and oxygen atoms in total. The van der Waals surface area contributed by atoms with Crippen molar-refractivity contribution >= 4 is 22.7 Å². The smallest absolute Gasteiger partial charge is 0.0965 e. The van der Waals surface area contributed by atoms with Crippen molar-refractivity contribution in [1.29, 1.82) is 0 Å². The van der Waals surface area contributed by atoms with E-state index >= 15 is 0 Å². The quantitative estimate of drug-likeness (QED) is 0.430. The molecule has 0 aliphatic rings. The molecule has 0 unspecified atom stereocenters. The standard InChI is InChI=1S/C8H12N2OS/c1-3-7(10-11)8-4-6(9-2)5-12-8/h4-5,9,11H,3H2,1-2H3/b10-7-. The monoisotopic (exact) mass is 184 g/mol. The fourth-order valence-electron chi connectivity index (χ4n) is 0.913. The second-order valence-corrected chi connectivity index (χ2v) is 3.26. The van der Waals surface area contributed by atoms with Crippen molar-refractivity contribution in [3.8, 4) is 0 Å². The summed E-state index contributed by atoms with van der Waals surface area (Å²) in [4.78, 5) is 1.02. The van der Waals surface area contributed by atoms with E-state index in [2.05, 4.69) is 10.5 Å². The van der Waals surface area contributed by atoms with Crippen LogP contribution < -0.4 is 5.32 Å². The van der Waals surface area contributed by atoms with Crippen LogP contribution in [0.25, 0.3) is 0 Å². The summed E-state index contributed by atoms with van der Waals surface area (Å²) in [5, 5.41) is 16.9. The molecule has 0 atom stereocenters. The lowest BCUT2D eigenvalue weighted by atomic mass is 10.2. The van der Waals surface area contributed by atoms with Gasteiger partial charge in [0.2, 0.25) is 0 Å². The summed E-state index contributed by atoms with van der Waals surface area (Å²) < 4.78 is 0. The fraction of sp³-hybridized carbons (Fsp3) is 0.375. The van der Waals surface area contributed by atoms with E-state index in [1.165, 1.54) is 0 Å². The Morgan fingerprint density at radius 1 is 1.75 bits per heavy atom. The van der Waals surface area contributed by atoms with E-state index in [0.29, 0.717) is 0 Å². The Hall–Kier alpha value is -1.03. The van der Waals surface area contributed by atoms with Gasteiger partial charge in [-0.15, -0.1) is 11.3 Å². The van der Waals surface area contributed by atoms with Crippen LogP contribution in [0.5, 0.6) is 0 Å². The molecule has 0 saturated heterocycles. The predicted molar refractivity (Wildman–Crippen MR) is 52.5 cm³/mol. The van der Waals surface area contributed by atoms with E-state index in [0.717, 1.165) is 22.7 Å². The van der Waals surface area contributed by atoms with Gasteiger partial charge in [-0.3, -0.25) is 0 Å². The maximum Gasteiger partial charge on any atom is 0.0965 e. The van der Waals surface area contributed by atoms with Crippen LogP contribution in [0.4, 0.5) is 5.69 Å². The molecular weight excluding hydrogens is 172 g/mol. The first-order chi connectivity index (χ1) is 5.81. The summed E-state index contributed by atoms with van der Waals surface area (Å²) in [5.41, 5.74) is 1.80. The zero-order chi connectivity index (χ0) is 8.97. The highest BCUT2D eigenvalue weighted by Gasteiger charge is 2.04. The number of thiophene rings is 1. The molecule has 0 bridgehead atoms. The van der Waals surface area contributed by atoms with E-state index in [1.54, 1.807) is 11.3 Å². The number of rotatable bonds is 3. The molecule has 66 valence electrons. The largest absolute Gasteiger partial charge is 0.411 e. The number of oxime groups is 1. The molecule has 0 aromatic carbocycles. The van der Waals surface area contributed by atoms with Crippen LogP contribution in [-0.4, -0.2) is 18.0 Å². The minimum Gasteiger partial charge on any atom is -0.411 e. The van der Waals surface area contributed by atoms with Gasteiger partial charge in [-0.1, -0.05) is 12.1 Å². The molecule has 1 aromatic rings. The van der Waals surface area contributed by atoms with Gasteiger partial charge in [0.1, 0.15) is 0 Å². The Morgan fingerprint density at radius 3 is 2.92 bits per heavy atom. The van der Waals surface area contributed by atoms with Gasteiger partial charge in [0.05, 0.1) is 10.6 Å². The number of hydrogen-bond acceptors (Lipinski definition) is 4. The Balaban J connectivity index is 2.87. The number of nitrogens with zero attached hydrogens (tertiary/aromatic N) is 1. The van der Waals surface area contributed by atoms with Crippen molar-refractivity contribution in [3.05, 3.63) is 16.3 Å². The number of hydrogen-bond donors (Lipinski definition) is 2. The van der Waals surface area contributed by atoms with Gasteiger partial charge in [0, 0.05) is 18.1 Å². The topological polar surface area (TPSA) is 44.6 Å². The molecule has 1 rings (SSSR count). The van der Waals surface area contributed by atoms with Crippen LogP contribution in [0.15, 0.2) is 16.6 Å². The summed E-state index contributed by atoms with van der Waals surface area (Å²) >= 11 is 1.58. The molecule has 0 radical (unpaired) electrons. The van der Waals surface area contributed by atoms with Gasteiger partial charge in [0.25, 0.3) is 0 Å². The summed E-state index contributed by atoms with van der Waals surface area (Å²) in [7, 11) is 1.87. The van der Waals surface area contributed by atoms with Crippen molar-refractivity contribution < 1.29 is 5.21 Å².